The molecule has 0 radical (unpaired) electrons. The number of anilines is 3. The second-order valence-electron chi connectivity index (χ2n) is 6.23. The average molecular weight is 507 g/mol. The van der Waals surface area contributed by atoms with Gasteiger partial charge in [-0.3, -0.25) is 4.79 Å². The molecule has 2 heterocycles. The van der Waals surface area contributed by atoms with Crippen LogP contribution in [-0.2, 0) is 0 Å². The van der Waals surface area contributed by atoms with Crippen LogP contribution in [0.4, 0.5) is 17.5 Å². The van der Waals surface area contributed by atoms with Crippen molar-refractivity contribution in [3.63, 3.8) is 0 Å². The number of aromatic amines is 1. The fourth-order valence-electron chi connectivity index (χ4n) is 2.79. The van der Waals surface area contributed by atoms with E-state index in [1.807, 2.05) is 12.1 Å². The zero-order valence-corrected chi connectivity index (χ0v) is 18.6. The van der Waals surface area contributed by atoms with Gasteiger partial charge in [-0.15, -0.1) is 0 Å². The van der Waals surface area contributed by atoms with Gasteiger partial charge in [-0.05, 0) is 36.4 Å². The maximum atomic E-state index is 12.8. The molecule has 2 aromatic carbocycles. The van der Waals surface area contributed by atoms with E-state index in [-0.39, 0.29) is 5.91 Å². The number of nitrogens with one attached hydrogen (secondary N) is 3. The first-order valence-corrected chi connectivity index (χ1v) is 10.2. The van der Waals surface area contributed by atoms with E-state index < -0.39 is 0 Å². The number of benzene rings is 2. The lowest BCUT2D eigenvalue weighted by Crippen LogP contribution is -2.13. The number of halogens is 3. The van der Waals surface area contributed by atoms with Crippen LogP contribution in [0.25, 0.3) is 11.0 Å². The molecule has 4 rings (SSSR count). The average Bonchev–Trinajstić information content (AvgIpc) is 3.12. The van der Waals surface area contributed by atoms with Crippen molar-refractivity contribution in [2.24, 2.45) is 0 Å². The molecule has 0 atom stereocenters. The van der Waals surface area contributed by atoms with E-state index in [4.69, 9.17) is 27.9 Å². The van der Waals surface area contributed by atoms with Gasteiger partial charge in [0.25, 0.3) is 5.91 Å². The summed E-state index contributed by atoms with van der Waals surface area (Å²) >= 11 is 15.4. The molecule has 0 aliphatic rings. The van der Waals surface area contributed by atoms with Crippen molar-refractivity contribution in [2.45, 2.75) is 0 Å². The molecule has 0 fully saturated rings. The summed E-state index contributed by atoms with van der Waals surface area (Å²) in [6, 6.07) is 12.2. The summed E-state index contributed by atoms with van der Waals surface area (Å²) in [5.74, 6) is 0.912. The third-order valence-electron chi connectivity index (χ3n) is 4.19. The van der Waals surface area contributed by atoms with Gasteiger partial charge >= 0.3 is 0 Å². The number of aromatic nitrogens is 3. The number of H-pyrrole nitrogens is 1. The van der Waals surface area contributed by atoms with Gasteiger partial charge in [0.2, 0.25) is 5.95 Å². The van der Waals surface area contributed by atoms with Crippen LogP contribution in [-0.4, -0.2) is 28.0 Å². The smallest absolute Gasteiger partial charge is 0.259 e. The number of hydrogen-bond acceptors (Lipinski definition) is 5. The predicted octanol–water partition coefficient (Wildman–Crippen LogP) is 6.03. The highest BCUT2D eigenvalue weighted by Crippen LogP contribution is 2.29. The van der Waals surface area contributed by atoms with Gasteiger partial charge in [-0.1, -0.05) is 39.1 Å². The lowest BCUT2D eigenvalue weighted by atomic mass is 10.1. The van der Waals surface area contributed by atoms with E-state index in [1.165, 1.54) is 13.3 Å². The van der Waals surface area contributed by atoms with Crippen molar-refractivity contribution in [1.29, 1.82) is 0 Å². The maximum Gasteiger partial charge on any atom is 0.259 e. The number of imidazole rings is 1. The Kier molecular flexibility index (Phi) is 5.80. The second kappa shape index (κ2) is 8.51. The van der Waals surface area contributed by atoms with Crippen LogP contribution in [0, 0.1) is 0 Å². The predicted molar refractivity (Wildman–Crippen MR) is 122 cm³/mol. The standard InChI is InChI=1S/C20H14BrCl2N5O2/c1-30-17-8-16-15(7-13(17)19(29)25-12-4-2-10(21)3-5-12)26-20(27-16)28-18-14(23)6-11(22)9-24-18/h2-9H,1H3,(H,25,29)(H2,24,26,27,28). The number of carbonyl (C=O) groups excluding carboxylic acids is 1. The largest absolute Gasteiger partial charge is 0.496 e. The Morgan fingerprint density at radius 1 is 1.17 bits per heavy atom. The minimum Gasteiger partial charge on any atom is -0.496 e. The van der Waals surface area contributed by atoms with Crippen molar-refractivity contribution in [3.8, 4) is 5.75 Å². The lowest BCUT2D eigenvalue weighted by molar-refractivity contribution is 0.102. The Bertz CT molecular complexity index is 1240. The van der Waals surface area contributed by atoms with Crippen molar-refractivity contribution in [2.75, 3.05) is 17.7 Å². The van der Waals surface area contributed by atoms with Crippen molar-refractivity contribution in [1.82, 2.24) is 15.0 Å². The molecule has 0 bridgehead atoms. The van der Waals surface area contributed by atoms with E-state index in [1.54, 1.807) is 30.3 Å². The monoisotopic (exact) mass is 505 g/mol. The fourth-order valence-corrected chi connectivity index (χ4v) is 3.49. The van der Waals surface area contributed by atoms with Crippen LogP contribution >= 0.6 is 39.1 Å². The maximum absolute atomic E-state index is 12.8. The number of amides is 1. The number of hydrogen-bond donors (Lipinski definition) is 3. The Labute approximate surface area is 189 Å². The normalized spacial score (nSPS) is 10.8. The summed E-state index contributed by atoms with van der Waals surface area (Å²) in [4.78, 5) is 24.5. The lowest BCUT2D eigenvalue weighted by Gasteiger charge is -2.09. The molecule has 4 aromatic rings. The number of fused-ring (bicyclic) bond motifs is 1. The molecular formula is C20H14BrCl2N5O2. The summed E-state index contributed by atoms with van der Waals surface area (Å²) in [5.41, 5.74) is 2.29. The molecule has 0 unspecified atom stereocenters. The molecular weight excluding hydrogens is 493 g/mol. The topological polar surface area (TPSA) is 91.9 Å². The molecule has 7 nitrogen and oxygen atoms in total. The number of carbonyl (C=O) groups is 1. The zero-order chi connectivity index (χ0) is 21.3. The first-order chi connectivity index (χ1) is 14.4. The molecule has 1 amide bonds. The van der Waals surface area contributed by atoms with Crippen molar-refractivity contribution >= 4 is 73.5 Å². The Morgan fingerprint density at radius 2 is 1.93 bits per heavy atom. The summed E-state index contributed by atoms with van der Waals surface area (Å²) in [5, 5.41) is 6.65. The number of nitrogens with zero attached hydrogens (tertiary/aromatic N) is 2. The molecule has 152 valence electrons. The quantitative estimate of drug-likeness (QED) is 0.307. The number of ether oxygens (including phenoxy) is 1. The molecule has 0 saturated carbocycles. The summed E-state index contributed by atoms with van der Waals surface area (Å²) in [6.45, 7) is 0. The highest BCUT2D eigenvalue weighted by atomic mass is 79.9. The molecule has 10 heteroatoms. The van der Waals surface area contributed by atoms with Crippen molar-refractivity contribution < 1.29 is 9.53 Å². The van der Waals surface area contributed by atoms with Gasteiger partial charge in [0.05, 0.1) is 33.8 Å². The van der Waals surface area contributed by atoms with Crippen molar-refractivity contribution in [3.05, 3.63) is 68.7 Å². The van der Waals surface area contributed by atoms with Crippen LogP contribution in [0.1, 0.15) is 10.4 Å². The summed E-state index contributed by atoms with van der Waals surface area (Å²) in [7, 11) is 1.50. The number of rotatable bonds is 5. The highest BCUT2D eigenvalue weighted by molar-refractivity contribution is 9.10. The number of pyridine rings is 1. The van der Waals surface area contributed by atoms with Gasteiger partial charge in [0.1, 0.15) is 5.75 Å². The highest BCUT2D eigenvalue weighted by Gasteiger charge is 2.17. The van der Waals surface area contributed by atoms with Gasteiger partial charge in [0.15, 0.2) is 5.82 Å². The zero-order valence-electron chi connectivity index (χ0n) is 15.5. The molecule has 0 aliphatic heterocycles. The Morgan fingerprint density at radius 3 is 2.63 bits per heavy atom. The van der Waals surface area contributed by atoms with Crippen LogP contribution in [0.3, 0.4) is 0 Å². The summed E-state index contributed by atoms with van der Waals surface area (Å²) in [6.07, 6.45) is 1.48. The van der Waals surface area contributed by atoms with Crippen LogP contribution in [0.5, 0.6) is 5.75 Å². The molecule has 3 N–H and O–H groups in total. The summed E-state index contributed by atoms with van der Waals surface area (Å²) < 4.78 is 6.32. The van der Waals surface area contributed by atoms with E-state index in [9.17, 15) is 4.79 Å². The number of methoxy groups -OCH3 is 1. The Balaban J connectivity index is 1.64. The van der Waals surface area contributed by atoms with Gasteiger partial charge in [-0.2, -0.15) is 0 Å². The first-order valence-electron chi connectivity index (χ1n) is 8.65. The fraction of sp³-hybridized carbons (Fsp3) is 0.0500. The SMILES string of the molecule is COc1cc2nc(Nc3ncc(Cl)cc3Cl)[nH]c2cc1C(=O)Nc1ccc(Br)cc1. The van der Waals surface area contributed by atoms with Crippen LogP contribution < -0.4 is 15.4 Å². The Hall–Kier alpha value is -2.81. The van der Waals surface area contributed by atoms with E-state index in [0.717, 1.165) is 4.47 Å². The van der Waals surface area contributed by atoms with Gasteiger partial charge in [-0.25, -0.2) is 9.97 Å². The van der Waals surface area contributed by atoms with E-state index in [2.05, 4.69) is 41.5 Å². The van der Waals surface area contributed by atoms with Gasteiger partial charge < -0.3 is 20.4 Å². The first kappa shape index (κ1) is 20.5. The van der Waals surface area contributed by atoms with Crippen LogP contribution in [0.15, 0.2) is 53.1 Å². The molecule has 30 heavy (non-hydrogen) atoms. The molecule has 0 aliphatic carbocycles. The molecule has 0 saturated heterocycles. The van der Waals surface area contributed by atoms with Gasteiger partial charge in [0, 0.05) is 22.4 Å². The van der Waals surface area contributed by atoms with E-state index >= 15 is 0 Å². The second-order valence-corrected chi connectivity index (χ2v) is 7.98. The third-order valence-corrected chi connectivity index (χ3v) is 5.22. The minimum atomic E-state index is -0.303. The van der Waals surface area contributed by atoms with E-state index in [0.29, 0.717) is 49.8 Å². The molecule has 2 aromatic heterocycles. The molecule has 0 spiro atoms. The third kappa shape index (κ3) is 4.35. The van der Waals surface area contributed by atoms with Crippen LogP contribution in [0.2, 0.25) is 10.0 Å². The minimum absolute atomic E-state index is 0.303.